The summed E-state index contributed by atoms with van der Waals surface area (Å²) >= 11 is 0. The van der Waals surface area contributed by atoms with E-state index in [9.17, 15) is 15.0 Å². The highest BCUT2D eigenvalue weighted by Crippen LogP contribution is 2.29. The lowest BCUT2D eigenvalue weighted by molar-refractivity contribution is 0.0982. The van der Waals surface area contributed by atoms with E-state index in [0.29, 0.717) is 5.69 Å². The van der Waals surface area contributed by atoms with Gasteiger partial charge in [0.2, 0.25) is 0 Å². The Balaban J connectivity index is 1.68. The Bertz CT molecular complexity index is 1250. The molecule has 0 aliphatic carbocycles. The third kappa shape index (κ3) is 5.07. The molecule has 0 bridgehead atoms. The molecule has 33 heavy (non-hydrogen) atoms. The number of hydrogen-bond acceptors (Lipinski definition) is 7. The number of nitrogens with one attached hydrogen (secondary N) is 1. The first-order valence-electron chi connectivity index (χ1n) is 10.4. The van der Waals surface area contributed by atoms with Gasteiger partial charge in [-0.25, -0.2) is 9.97 Å². The third-order valence-corrected chi connectivity index (χ3v) is 5.02. The van der Waals surface area contributed by atoms with Crippen LogP contribution < -0.4 is 10.2 Å². The lowest BCUT2D eigenvalue weighted by atomic mass is 10.1. The first kappa shape index (κ1) is 21.8. The Kier molecular flexibility index (Phi) is 6.45. The molecule has 8 nitrogen and oxygen atoms in total. The van der Waals surface area contributed by atoms with E-state index in [1.54, 1.807) is 23.4 Å². The summed E-state index contributed by atoms with van der Waals surface area (Å²) in [4.78, 5) is 27.6. The number of amides is 1. The fourth-order valence-electron chi connectivity index (χ4n) is 3.41. The molecule has 4 aromatic rings. The van der Waals surface area contributed by atoms with Gasteiger partial charge in [-0.2, -0.15) is 0 Å². The van der Waals surface area contributed by atoms with Gasteiger partial charge >= 0.3 is 0 Å². The number of phenols is 2. The van der Waals surface area contributed by atoms with Crippen molar-refractivity contribution in [3.63, 3.8) is 0 Å². The van der Waals surface area contributed by atoms with Crippen LogP contribution in [0.1, 0.15) is 22.8 Å². The van der Waals surface area contributed by atoms with E-state index in [0.717, 1.165) is 35.2 Å². The predicted molar refractivity (Wildman–Crippen MR) is 126 cm³/mol. The van der Waals surface area contributed by atoms with Gasteiger partial charge in [0.25, 0.3) is 5.91 Å². The zero-order valence-electron chi connectivity index (χ0n) is 18.0. The molecule has 166 valence electrons. The molecule has 0 saturated carbocycles. The van der Waals surface area contributed by atoms with Crippen LogP contribution >= 0.6 is 0 Å². The van der Waals surface area contributed by atoms with Gasteiger partial charge in [-0.3, -0.25) is 9.78 Å². The SMILES string of the molecule is CCNc1cc(-c2ccc(N(Cc3cccnc3)C(=O)c3ccc(O)cc3O)cc2)ncn1. The monoisotopic (exact) mass is 441 g/mol. The molecule has 0 saturated heterocycles. The van der Waals surface area contributed by atoms with Crippen LogP contribution in [0.5, 0.6) is 11.5 Å². The number of phenolic OH excluding ortho intramolecular Hbond substituents is 2. The average molecular weight is 441 g/mol. The molecule has 0 unspecified atom stereocenters. The number of aromatic nitrogens is 3. The minimum atomic E-state index is -0.402. The van der Waals surface area contributed by atoms with Gasteiger partial charge in [-0.05, 0) is 42.8 Å². The van der Waals surface area contributed by atoms with Crippen LogP contribution in [0.4, 0.5) is 11.5 Å². The normalized spacial score (nSPS) is 10.6. The number of rotatable bonds is 7. The van der Waals surface area contributed by atoms with Crippen molar-refractivity contribution in [3.8, 4) is 22.8 Å². The number of anilines is 2. The summed E-state index contributed by atoms with van der Waals surface area (Å²) in [6, 6.07) is 16.9. The molecule has 2 heterocycles. The molecule has 0 radical (unpaired) electrons. The third-order valence-electron chi connectivity index (χ3n) is 5.02. The number of pyridine rings is 1. The highest BCUT2D eigenvalue weighted by Gasteiger charge is 2.21. The van der Waals surface area contributed by atoms with E-state index in [2.05, 4.69) is 20.3 Å². The van der Waals surface area contributed by atoms with E-state index in [-0.39, 0.29) is 23.6 Å². The molecule has 2 aromatic heterocycles. The maximum absolute atomic E-state index is 13.4. The zero-order valence-corrected chi connectivity index (χ0v) is 18.0. The van der Waals surface area contributed by atoms with Crippen molar-refractivity contribution < 1.29 is 15.0 Å². The maximum Gasteiger partial charge on any atom is 0.262 e. The topological polar surface area (TPSA) is 111 Å². The lowest BCUT2D eigenvalue weighted by Crippen LogP contribution is -2.30. The summed E-state index contributed by atoms with van der Waals surface area (Å²) in [5, 5.41) is 23.0. The van der Waals surface area contributed by atoms with Gasteiger partial charge < -0.3 is 20.4 Å². The Labute approximate surface area is 191 Å². The first-order valence-corrected chi connectivity index (χ1v) is 10.4. The molecular formula is C25H23N5O3. The molecule has 3 N–H and O–H groups in total. The molecule has 2 aromatic carbocycles. The molecule has 0 spiro atoms. The largest absolute Gasteiger partial charge is 0.508 e. The van der Waals surface area contributed by atoms with Crippen molar-refractivity contribution in [2.75, 3.05) is 16.8 Å². The van der Waals surface area contributed by atoms with Crippen LogP contribution in [0, 0.1) is 0 Å². The van der Waals surface area contributed by atoms with E-state index in [4.69, 9.17) is 0 Å². The zero-order chi connectivity index (χ0) is 23.2. The molecule has 0 atom stereocenters. The number of aromatic hydroxyl groups is 2. The van der Waals surface area contributed by atoms with E-state index < -0.39 is 5.91 Å². The van der Waals surface area contributed by atoms with E-state index in [1.807, 2.05) is 43.3 Å². The van der Waals surface area contributed by atoms with Crippen molar-refractivity contribution in [1.29, 1.82) is 0 Å². The molecule has 0 aliphatic heterocycles. The summed E-state index contributed by atoms with van der Waals surface area (Å²) < 4.78 is 0. The average Bonchev–Trinajstić information content (AvgIpc) is 2.83. The maximum atomic E-state index is 13.4. The standard InChI is InChI=1S/C25H23N5O3/c1-2-27-24-13-22(28-16-29-24)18-5-7-19(8-6-18)30(15-17-4-3-11-26-14-17)25(33)21-10-9-20(31)12-23(21)32/h3-14,16,31-32H,2,15H2,1H3,(H,27,28,29). The highest BCUT2D eigenvalue weighted by molar-refractivity contribution is 6.08. The number of benzene rings is 2. The molecule has 4 rings (SSSR count). The van der Waals surface area contributed by atoms with Gasteiger partial charge in [0, 0.05) is 42.3 Å². The second-order valence-corrected chi connectivity index (χ2v) is 7.32. The van der Waals surface area contributed by atoms with Crippen LogP contribution in [0.25, 0.3) is 11.3 Å². The lowest BCUT2D eigenvalue weighted by Gasteiger charge is -2.24. The van der Waals surface area contributed by atoms with E-state index in [1.165, 1.54) is 18.5 Å². The fraction of sp³-hybridized carbons (Fsp3) is 0.120. The Morgan fingerprint density at radius 3 is 2.55 bits per heavy atom. The molecular weight excluding hydrogens is 418 g/mol. The number of carbonyl (C=O) groups excluding carboxylic acids is 1. The summed E-state index contributed by atoms with van der Waals surface area (Å²) in [6.07, 6.45) is 4.86. The minimum Gasteiger partial charge on any atom is -0.508 e. The van der Waals surface area contributed by atoms with Crippen molar-refractivity contribution in [2.24, 2.45) is 0 Å². The summed E-state index contributed by atoms with van der Waals surface area (Å²) in [7, 11) is 0. The molecule has 1 amide bonds. The van der Waals surface area contributed by atoms with Crippen molar-refractivity contribution in [1.82, 2.24) is 15.0 Å². The van der Waals surface area contributed by atoms with Gasteiger partial charge in [-0.1, -0.05) is 18.2 Å². The van der Waals surface area contributed by atoms with Gasteiger partial charge in [0.1, 0.15) is 23.6 Å². The number of carbonyl (C=O) groups is 1. The summed E-state index contributed by atoms with van der Waals surface area (Å²) in [5.74, 6) is -0.0675. The van der Waals surface area contributed by atoms with Crippen LogP contribution in [-0.4, -0.2) is 37.6 Å². The van der Waals surface area contributed by atoms with Crippen LogP contribution in [0.15, 0.2) is 79.4 Å². The Hall–Kier alpha value is -4.46. The van der Waals surface area contributed by atoms with Crippen molar-refractivity contribution >= 4 is 17.4 Å². The van der Waals surface area contributed by atoms with Crippen LogP contribution in [0.2, 0.25) is 0 Å². The molecule has 8 heteroatoms. The van der Waals surface area contributed by atoms with Crippen LogP contribution in [-0.2, 0) is 6.54 Å². The molecule has 0 aliphatic rings. The van der Waals surface area contributed by atoms with Gasteiger partial charge in [-0.15, -0.1) is 0 Å². The predicted octanol–water partition coefficient (Wildman–Crippen LogP) is 4.23. The first-order chi connectivity index (χ1) is 16.0. The molecule has 0 fully saturated rings. The van der Waals surface area contributed by atoms with Crippen LogP contribution in [0.3, 0.4) is 0 Å². The highest BCUT2D eigenvalue weighted by atomic mass is 16.3. The summed E-state index contributed by atoms with van der Waals surface area (Å²) in [5.41, 5.74) is 3.20. The van der Waals surface area contributed by atoms with Crippen molar-refractivity contribution in [2.45, 2.75) is 13.5 Å². The quantitative estimate of drug-likeness (QED) is 0.393. The summed E-state index contributed by atoms with van der Waals surface area (Å²) in [6.45, 7) is 3.01. The Morgan fingerprint density at radius 1 is 1.03 bits per heavy atom. The van der Waals surface area contributed by atoms with Gasteiger partial charge in [0.15, 0.2) is 0 Å². The number of hydrogen-bond donors (Lipinski definition) is 3. The smallest absolute Gasteiger partial charge is 0.262 e. The number of nitrogens with zero attached hydrogens (tertiary/aromatic N) is 4. The second kappa shape index (κ2) is 9.78. The minimum absolute atomic E-state index is 0.0897. The van der Waals surface area contributed by atoms with Crippen molar-refractivity contribution in [3.05, 3.63) is 90.5 Å². The fourth-order valence-corrected chi connectivity index (χ4v) is 3.41. The van der Waals surface area contributed by atoms with Gasteiger partial charge in [0.05, 0.1) is 17.8 Å². The second-order valence-electron chi connectivity index (χ2n) is 7.32. The Morgan fingerprint density at radius 2 is 1.85 bits per heavy atom. The van der Waals surface area contributed by atoms with E-state index >= 15 is 0 Å².